The van der Waals surface area contributed by atoms with E-state index in [-0.39, 0.29) is 37.6 Å². The monoisotopic (exact) mass is 989 g/mol. The van der Waals surface area contributed by atoms with Crippen molar-refractivity contribution in [1.82, 2.24) is 14.5 Å². The summed E-state index contributed by atoms with van der Waals surface area (Å²) in [6.45, 7) is 17.9. The summed E-state index contributed by atoms with van der Waals surface area (Å²) >= 11 is 0. The normalized spacial score (nSPS) is 12.1. The first kappa shape index (κ1) is 42.6. The van der Waals surface area contributed by atoms with Crippen LogP contribution in [0.3, 0.4) is 0 Å². The van der Waals surface area contributed by atoms with Crippen LogP contribution in [0.4, 0.5) is 0 Å². The molecule has 1 N–H and O–H groups in total. The predicted molar refractivity (Wildman–Crippen MR) is 255 cm³/mol. The number of hydrogen-bond acceptors (Lipinski definition) is 3. The summed E-state index contributed by atoms with van der Waals surface area (Å²) in [5, 5.41) is 12.8. The van der Waals surface area contributed by atoms with Crippen molar-refractivity contribution in [3.8, 4) is 61.6 Å². The second-order valence-corrected chi connectivity index (χ2v) is 18.8. The van der Waals surface area contributed by atoms with Crippen molar-refractivity contribution in [1.29, 1.82) is 0 Å². The molecule has 2 heterocycles. The largest absolute Gasteiger partial charge is 0.507 e. The first-order chi connectivity index (χ1) is 29.2. The third kappa shape index (κ3) is 7.82. The first-order valence-electron chi connectivity index (χ1n) is 21.2. The molecule has 0 spiro atoms. The molecule has 9 aromatic rings. The quantitative estimate of drug-likeness (QED) is 0.162. The molecule has 2 aromatic heterocycles. The van der Waals surface area contributed by atoms with E-state index in [2.05, 4.69) is 212 Å². The van der Waals surface area contributed by atoms with Crippen molar-refractivity contribution in [3.05, 3.63) is 187 Å². The standard InChI is InChI=1S/C57H52N3O.Pt/c1-55(2,3)43-27-28-51(61)49(34-43)54-59-53-46(32-41(37-19-12-9-13-20-37)33-50(53)60(54)57(7,8)42-25-16-11-17-26-42)39-23-18-24-40(31-39)47-35-44(56(4,5)6)36-48-45(29-30-58-52(47)48)38-21-14-10-15-22-38;/h9-30,32-36,61H,1-8H3;/q-1;. The van der Waals surface area contributed by atoms with Crippen LogP contribution in [0.2, 0.25) is 0 Å². The van der Waals surface area contributed by atoms with Crippen LogP contribution in [0.5, 0.6) is 5.75 Å². The zero-order valence-electron chi connectivity index (χ0n) is 36.7. The van der Waals surface area contributed by atoms with E-state index in [1.54, 1.807) is 0 Å². The molecule has 0 bridgehead atoms. The Bertz CT molecular complexity index is 3060. The number of phenolic OH excluding ortho intramolecular Hbond substituents is 1. The summed E-state index contributed by atoms with van der Waals surface area (Å²) in [5.41, 5.74) is 14.5. The van der Waals surface area contributed by atoms with Crippen molar-refractivity contribution < 1.29 is 26.2 Å². The van der Waals surface area contributed by atoms with Crippen molar-refractivity contribution in [2.45, 2.75) is 71.8 Å². The SMILES string of the molecule is CC(C)(C)c1ccc(O)c(-c2nc3c(-c4[c-]c(-c5cc(C(C)(C)C)cc6c(-c7ccccc7)ccnc56)ccc4)cc(-c4ccccc4)cc3n2C(C)(C)c2ccccc2)c1.[Pt]. The van der Waals surface area contributed by atoms with Gasteiger partial charge in [0.1, 0.15) is 11.6 Å². The summed E-state index contributed by atoms with van der Waals surface area (Å²) in [5.74, 6) is 0.899. The summed E-state index contributed by atoms with van der Waals surface area (Å²) in [6.07, 6.45) is 1.92. The van der Waals surface area contributed by atoms with Crippen LogP contribution in [-0.2, 0) is 37.4 Å². The van der Waals surface area contributed by atoms with E-state index in [9.17, 15) is 5.11 Å². The number of hydrogen-bond donors (Lipinski definition) is 1. The average molecular weight is 990 g/mol. The van der Waals surface area contributed by atoms with Gasteiger partial charge in [-0.1, -0.05) is 162 Å². The fraction of sp³-hybridized carbons (Fsp3) is 0.193. The maximum absolute atomic E-state index is 11.7. The molecular weight excluding hydrogens is 938 g/mol. The smallest absolute Gasteiger partial charge is 0.144 e. The Morgan fingerprint density at radius 2 is 1.06 bits per heavy atom. The Kier molecular flexibility index (Phi) is 11.2. The van der Waals surface area contributed by atoms with Crippen LogP contribution in [0, 0.1) is 6.07 Å². The van der Waals surface area contributed by atoms with E-state index >= 15 is 0 Å². The Morgan fingerprint density at radius 1 is 0.484 bits per heavy atom. The molecule has 0 aliphatic rings. The molecule has 0 unspecified atom stereocenters. The van der Waals surface area contributed by atoms with Gasteiger partial charge in [0.15, 0.2) is 0 Å². The van der Waals surface area contributed by atoms with Crippen LogP contribution in [0.25, 0.3) is 77.8 Å². The van der Waals surface area contributed by atoms with Gasteiger partial charge in [-0.25, -0.2) is 4.98 Å². The molecule has 0 aliphatic heterocycles. The molecule has 0 saturated carbocycles. The van der Waals surface area contributed by atoms with Gasteiger partial charge in [-0.3, -0.25) is 4.98 Å². The van der Waals surface area contributed by atoms with Gasteiger partial charge in [-0.15, -0.1) is 35.4 Å². The number of imidazole rings is 1. The minimum absolute atomic E-state index is 0. The number of aromatic nitrogens is 3. The zero-order chi connectivity index (χ0) is 42.7. The number of pyridine rings is 1. The van der Waals surface area contributed by atoms with Gasteiger partial charge in [0.05, 0.1) is 22.1 Å². The van der Waals surface area contributed by atoms with Crippen molar-refractivity contribution in [2.75, 3.05) is 0 Å². The molecule has 5 heteroatoms. The van der Waals surface area contributed by atoms with Crippen molar-refractivity contribution in [3.63, 3.8) is 0 Å². The maximum atomic E-state index is 11.7. The molecule has 0 saturated heterocycles. The van der Waals surface area contributed by atoms with Crippen LogP contribution >= 0.6 is 0 Å². The van der Waals surface area contributed by atoms with E-state index in [0.29, 0.717) is 11.4 Å². The van der Waals surface area contributed by atoms with Crippen LogP contribution in [-0.4, -0.2) is 19.6 Å². The Morgan fingerprint density at radius 3 is 1.69 bits per heavy atom. The molecule has 9 rings (SSSR count). The van der Waals surface area contributed by atoms with Crippen LogP contribution in [0.15, 0.2) is 164 Å². The third-order valence-corrected chi connectivity index (χ3v) is 12.2. The van der Waals surface area contributed by atoms with Gasteiger partial charge in [-0.05, 0) is 94.0 Å². The Balaban J connectivity index is 0.00000529. The van der Waals surface area contributed by atoms with Crippen molar-refractivity contribution in [2.24, 2.45) is 0 Å². The molecule has 0 atom stereocenters. The number of nitrogens with zero attached hydrogens (tertiary/aromatic N) is 3. The van der Waals surface area contributed by atoms with E-state index in [1.807, 2.05) is 18.3 Å². The van der Waals surface area contributed by atoms with Gasteiger partial charge in [0.2, 0.25) is 0 Å². The number of fused-ring (bicyclic) bond motifs is 2. The van der Waals surface area contributed by atoms with Crippen molar-refractivity contribution >= 4 is 21.9 Å². The molecule has 0 amide bonds. The van der Waals surface area contributed by atoms with E-state index in [0.717, 1.165) is 77.6 Å². The second kappa shape index (κ2) is 16.3. The number of phenols is 1. The molecule has 7 aromatic carbocycles. The zero-order valence-corrected chi connectivity index (χ0v) is 39.0. The van der Waals surface area contributed by atoms with Gasteiger partial charge in [0, 0.05) is 38.2 Å². The Labute approximate surface area is 380 Å². The van der Waals surface area contributed by atoms with Gasteiger partial charge < -0.3 is 9.67 Å². The van der Waals surface area contributed by atoms with Crippen LogP contribution in [0.1, 0.15) is 72.1 Å². The first-order valence-corrected chi connectivity index (χ1v) is 21.2. The second-order valence-electron chi connectivity index (χ2n) is 18.8. The fourth-order valence-corrected chi connectivity index (χ4v) is 8.63. The summed E-state index contributed by atoms with van der Waals surface area (Å²) < 4.78 is 2.33. The minimum atomic E-state index is -0.567. The fourth-order valence-electron chi connectivity index (χ4n) is 8.63. The number of benzene rings is 7. The predicted octanol–water partition coefficient (Wildman–Crippen LogP) is 14.8. The molecule has 4 nitrogen and oxygen atoms in total. The third-order valence-electron chi connectivity index (χ3n) is 12.2. The Hall–Kier alpha value is -6.09. The molecule has 62 heavy (non-hydrogen) atoms. The summed E-state index contributed by atoms with van der Waals surface area (Å²) in [6, 6.07) is 59.3. The van der Waals surface area contributed by atoms with Crippen LogP contribution < -0.4 is 0 Å². The number of aromatic hydroxyl groups is 1. The van der Waals surface area contributed by atoms with Gasteiger partial charge in [0.25, 0.3) is 0 Å². The molecule has 0 radical (unpaired) electrons. The topological polar surface area (TPSA) is 50.9 Å². The van der Waals surface area contributed by atoms with E-state index < -0.39 is 5.54 Å². The molecule has 0 aliphatic carbocycles. The summed E-state index contributed by atoms with van der Waals surface area (Å²) in [7, 11) is 0. The van der Waals surface area contributed by atoms with Gasteiger partial charge >= 0.3 is 0 Å². The minimum Gasteiger partial charge on any atom is -0.507 e. The summed E-state index contributed by atoms with van der Waals surface area (Å²) in [4.78, 5) is 10.6. The van der Waals surface area contributed by atoms with E-state index in [4.69, 9.17) is 9.97 Å². The van der Waals surface area contributed by atoms with Gasteiger partial charge in [-0.2, -0.15) is 0 Å². The maximum Gasteiger partial charge on any atom is 0.144 e. The number of rotatable bonds is 7. The molecule has 0 fully saturated rings. The molecular formula is C57H52N3OPt-. The average Bonchev–Trinajstić information content (AvgIpc) is 3.66. The van der Waals surface area contributed by atoms with E-state index in [1.165, 1.54) is 5.56 Å². The molecule has 312 valence electrons.